The van der Waals surface area contributed by atoms with E-state index in [-0.39, 0.29) is 5.82 Å². The van der Waals surface area contributed by atoms with Gasteiger partial charge in [0.05, 0.1) is 15.8 Å². The van der Waals surface area contributed by atoms with E-state index < -0.39 is 5.56 Å². The van der Waals surface area contributed by atoms with Crippen LogP contribution in [0.25, 0.3) is 21.6 Å². The van der Waals surface area contributed by atoms with Crippen molar-refractivity contribution < 1.29 is 5.21 Å². The SMILES string of the molecule is O=c1c2cc(I)ccc2nc(-c2cccs2)n1O. The number of halogens is 1. The number of benzene rings is 1. The van der Waals surface area contributed by atoms with E-state index in [4.69, 9.17) is 0 Å². The van der Waals surface area contributed by atoms with Crippen molar-refractivity contribution in [3.05, 3.63) is 49.6 Å². The fourth-order valence-electron chi connectivity index (χ4n) is 1.71. The second-order valence-corrected chi connectivity index (χ2v) is 5.88. The third kappa shape index (κ3) is 1.81. The lowest BCUT2D eigenvalue weighted by molar-refractivity contribution is 0.179. The molecule has 6 heteroatoms. The van der Waals surface area contributed by atoms with Crippen molar-refractivity contribution >= 4 is 44.8 Å². The number of rotatable bonds is 1. The summed E-state index contributed by atoms with van der Waals surface area (Å²) in [5, 5.41) is 12.2. The van der Waals surface area contributed by atoms with Gasteiger partial charge in [0.25, 0.3) is 5.56 Å². The molecule has 2 heterocycles. The number of nitrogens with zero attached hydrogens (tertiary/aromatic N) is 2. The Balaban J connectivity index is 2.40. The minimum atomic E-state index is -0.443. The summed E-state index contributed by atoms with van der Waals surface area (Å²) in [4.78, 5) is 17.2. The first-order valence-corrected chi connectivity index (χ1v) is 7.08. The number of hydrogen-bond acceptors (Lipinski definition) is 4. The molecule has 0 bridgehead atoms. The standard InChI is InChI=1S/C12H7IN2O2S/c13-7-3-4-9-8(6-7)12(16)15(17)11(14-9)10-2-1-5-18-10/h1-6,17H. The summed E-state index contributed by atoms with van der Waals surface area (Å²) in [6.45, 7) is 0. The minimum Gasteiger partial charge on any atom is -0.423 e. The van der Waals surface area contributed by atoms with Crippen LogP contribution >= 0.6 is 33.9 Å². The molecule has 90 valence electrons. The molecule has 0 amide bonds. The molecule has 4 nitrogen and oxygen atoms in total. The van der Waals surface area contributed by atoms with E-state index in [0.29, 0.717) is 15.6 Å². The first-order valence-electron chi connectivity index (χ1n) is 5.12. The van der Waals surface area contributed by atoms with Crippen LogP contribution in [-0.4, -0.2) is 14.9 Å². The number of fused-ring (bicyclic) bond motifs is 1. The summed E-state index contributed by atoms with van der Waals surface area (Å²) >= 11 is 3.55. The van der Waals surface area contributed by atoms with Gasteiger partial charge in [-0.3, -0.25) is 4.79 Å². The van der Waals surface area contributed by atoms with E-state index in [0.717, 1.165) is 8.45 Å². The highest BCUT2D eigenvalue weighted by molar-refractivity contribution is 14.1. The van der Waals surface area contributed by atoms with Gasteiger partial charge >= 0.3 is 0 Å². The van der Waals surface area contributed by atoms with Crippen molar-refractivity contribution in [2.24, 2.45) is 0 Å². The van der Waals surface area contributed by atoms with E-state index in [1.807, 2.05) is 23.6 Å². The van der Waals surface area contributed by atoms with Crippen molar-refractivity contribution in [2.75, 3.05) is 0 Å². The molecule has 2 aromatic heterocycles. The zero-order chi connectivity index (χ0) is 12.7. The third-order valence-electron chi connectivity index (χ3n) is 2.55. The van der Waals surface area contributed by atoms with Gasteiger partial charge in [-0.15, -0.1) is 16.1 Å². The molecule has 0 aliphatic rings. The van der Waals surface area contributed by atoms with Gasteiger partial charge in [0, 0.05) is 3.57 Å². The highest BCUT2D eigenvalue weighted by Gasteiger charge is 2.12. The van der Waals surface area contributed by atoms with Crippen molar-refractivity contribution in [1.82, 2.24) is 9.71 Å². The lowest BCUT2D eigenvalue weighted by Crippen LogP contribution is -2.21. The predicted octanol–water partition coefficient (Wildman–Crippen LogP) is 2.97. The monoisotopic (exact) mass is 370 g/mol. The quantitative estimate of drug-likeness (QED) is 0.529. The van der Waals surface area contributed by atoms with Crippen molar-refractivity contribution in [2.45, 2.75) is 0 Å². The Labute approximate surface area is 120 Å². The zero-order valence-corrected chi connectivity index (χ0v) is 12.0. The van der Waals surface area contributed by atoms with Crippen LogP contribution in [0.1, 0.15) is 0 Å². The summed E-state index contributed by atoms with van der Waals surface area (Å²) in [6, 6.07) is 9.06. The summed E-state index contributed by atoms with van der Waals surface area (Å²) < 4.78 is 1.55. The van der Waals surface area contributed by atoms with Crippen LogP contribution in [-0.2, 0) is 0 Å². The van der Waals surface area contributed by atoms with Crippen LogP contribution in [0.3, 0.4) is 0 Å². The first kappa shape index (κ1) is 11.7. The summed E-state index contributed by atoms with van der Waals surface area (Å²) in [5.74, 6) is 0.281. The second kappa shape index (κ2) is 4.36. The maximum absolute atomic E-state index is 12.1. The van der Waals surface area contributed by atoms with Crippen LogP contribution in [0, 0.1) is 3.57 Å². The van der Waals surface area contributed by atoms with Gasteiger partial charge in [-0.2, -0.15) is 0 Å². The van der Waals surface area contributed by atoms with Gasteiger partial charge in [-0.05, 0) is 52.2 Å². The molecule has 0 spiro atoms. The topological polar surface area (TPSA) is 55.1 Å². The molecular formula is C12H7IN2O2S. The fourth-order valence-corrected chi connectivity index (χ4v) is 2.90. The Hall–Kier alpha value is -1.41. The Morgan fingerprint density at radius 1 is 1.33 bits per heavy atom. The molecule has 3 rings (SSSR count). The van der Waals surface area contributed by atoms with Gasteiger partial charge in [-0.1, -0.05) is 6.07 Å². The van der Waals surface area contributed by atoms with Gasteiger partial charge in [0.2, 0.25) is 0 Å². The van der Waals surface area contributed by atoms with Crippen LogP contribution in [0.2, 0.25) is 0 Å². The van der Waals surface area contributed by atoms with E-state index in [9.17, 15) is 10.0 Å². The maximum Gasteiger partial charge on any atom is 0.294 e. The highest BCUT2D eigenvalue weighted by atomic mass is 127. The highest BCUT2D eigenvalue weighted by Crippen LogP contribution is 2.23. The number of hydrogen-bond donors (Lipinski definition) is 1. The molecule has 18 heavy (non-hydrogen) atoms. The summed E-state index contributed by atoms with van der Waals surface area (Å²) in [6.07, 6.45) is 0. The van der Waals surface area contributed by atoms with E-state index in [1.165, 1.54) is 11.3 Å². The summed E-state index contributed by atoms with van der Waals surface area (Å²) in [5.41, 5.74) is 0.149. The van der Waals surface area contributed by atoms with Crippen molar-refractivity contribution in [1.29, 1.82) is 0 Å². The van der Waals surface area contributed by atoms with Crippen LogP contribution in [0.4, 0.5) is 0 Å². The normalized spacial score (nSPS) is 10.9. The molecule has 0 radical (unpaired) electrons. The largest absolute Gasteiger partial charge is 0.423 e. The van der Waals surface area contributed by atoms with Gasteiger partial charge in [0.1, 0.15) is 0 Å². The molecule has 0 saturated carbocycles. The number of thiophene rings is 1. The lowest BCUT2D eigenvalue weighted by atomic mass is 10.2. The van der Waals surface area contributed by atoms with Gasteiger partial charge in [-0.25, -0.2) is 4.98 Å². The molecule has 0 saturated heterocycles. The molecule has 0 atom stereocenters. The Morgan fingerprint density at radius 2 is 2.17 bits per heavy atom. The van der Waals surface area contributed by atoms with Crippen LogP contribution in [0.5, 0.6) is 0 Å². The number of aromatic nitrogens is 2. The lowest BCUT2D eigenvalue weighted by Gasteiger charge is -2.05. The molecule has 0 fully saturated rings. The zero-order valence-electron chi connectivity index (χ0n) is 9.00. The molecule has 1 aromatic carbocycles. The van der Waals surface area contributed by atoms with E-state index >= 15 is 0 Å². The Kier molecular flexibility index (Phi) is 2.83. The van der Waals surface area contributed by atoms with Crippen molar-refractivity contribution in [3.63, 3.8) is 0 Å². The Morgan fingerprint density at radius 3 is 2.89 bits per heavy atom. The minimum absolute atomic E-state index is 0.281. The fraction of sp³-hybridized carbons (Fsp3) is 0. The second-order valence-electron chi connectivity index (χ2n) is 3.69. The smallest absolute Gasteiger partial charge is 0.294 e. The molecular weight excluding hydrogens is 363 g/mol. The molecule has 0 aliphatic carbocycles. The third-order valence-corrected chi connectivity index (χ3v) is 4.09. The first-order chi connectivity index (χ1) is 8.66. The molecule has 1 N–H and O–H groups in total. The molecule has 3 aromatic rings. The molecule has 0 aliphatic heterocycles. The van der Waals surface area contributed by atoms with Gasteiger partial charge in [0.15, 0.2) is 5.82 Å². The van der Waals surface area contributed by atoms with Crippen LogP contribution < -0.4 is 5.56 Å². The molecule has 0 unspecified atom stereocenters. The van der Waals surface area contributed by atoms with E-state index in [2.05, 4.69) is 27.6 Å². The average molecular weight is 370 g/mol. The predicted molar refractivity (Wildman–Crippen MR) is 79.2 cm³/mol. The summed E-state index contributed by atoms with van der Waals surface area (Å²) in [7, 11) is 0. The Bertz CT molecular complexity index is 781. The maximum atomic E-state index is 12.1. The van der Waals surface area contributed by atoms with E-state index in [1.54, 1.807) is 12.1 Å². The van der Waals surface area contributed by atoms with Crippen molar-refractivity contribution in [3.8, 4) is 10.7 Å². The van der Waals surface area contributed by atoms with Crippen LogP contribution in [0.15, 0.2) is 40.5 Å². The average Bonchev–Trinajstić information content (AvgIpc) is 2.88. The van der Waals surface area contributed by atoms with Gasteiger partial charge < -0.3 is 5.21 Å².